The third-order valence-electron chi connectivity index (χ3n) is 4.99. The number of anilines is 1. The molecule has 154 valence electrons. The summed E-state index contributed by atoms with van der Waals surface area (Å²) in [5, 5.41) is 15.1. The lowest BCUT2D eigenvalue weighted by atomic mass is 10.1. The molecule has 8 heteroatoms. The molecule has 2 aromatic heterocycles. The van der Waals surface area contributed by atoms with Crippen LogP contribution in [0.25, 0.3) is 21.7 Å². The number of fused-ring (bicyclic) bond motifs is 2. The highest BCUT2D eigenvalue weighted by molar-refractivity contribution is 5.91. The van der Waals surface area contributed by atoms with Gasteiger partial charge in [0, 0.05) is 35.6 Å². The zero-order valence-electron chi connectivity index (χ0n) is 16.6. The summed E-state index contributed by atoms with van der Waals surface area (Å²) in [6, 6.07) is 13.1. The minimum atomic E-state index is -0.210. The van der Waals surface area contributed by atoms with Crippen LogP contribution < -0.4 is 20.9 Å². The van der Waals surface area contributed by atoms with Gasteiger partial charge in [-0.1, -0.05) is 18.2 Å². The molecule has 0 aliphatic rings. The number of ether oxygens (including phenoxy) is 1. The molecule has 4 aromatic rings. The molecule has 4 rings (SSSR count). The van der Waals surface area contributed by atoms with Crippen LogP contribution in [0.3, 0.4) is 0 Å². The van der Waals surface area contributed by atoms with Crippen LogP contribution in [0.1, 0.15) is 12.0 Å². The van der Waals surface area contributed by atoms with E-state index in [1.807, 2.05) is 42.6 Å². The summed E-state index contributed by atoms with van der Waals surface area (Å²) in [6.07, 6.45) is 2.88. The van der Waals surface area contributed by atoms with E-state index < -0.39 is 0 Å². The van der Waals surface area contributed by atoms with Crippen LogP contribution in [-0.2, 0) is 11.2 Å². The quantitative estimate of drug-likeness (QED) is 0.337. The number of carbonyl (C=O) groups excluding carboxylic acids is 1. The van der Waals surface area contributed by atoms with Gasteiger partial charge in [-0.15, -0.1) is 0 Å². The highest BCUT2D eigenvalue weighted by Crippen LogP contribution is 2.24. The number of rotatable bonds is 8. The van der Waals surface area contributed by atoms with Crippen LogP contribution >= 0.6 is 0 Å². The number of nitrogens with one attached hydrogen (secondary N) is 4. The molecule has 0 saturated heterocycles. The SMILES string of the molecule is COc1ccc2[nH]cc(CC(=O)NCCCNc3n[nH]c(=O)c4ccccc34)c2c1. The van der Waals surface area contributed by atoms with Crippen LogP contribution in [0.5, 0.6) is 5.75 Å². The minimum absolute atomic E-state index is 0.0358. The van der Waals surface area contributed by atoms with Crippen molar-refractivity contribution in [3.05, 3.63) is 64.6 Å². The highest BCUT2D eigenvalue weighted by Gasteiger charge is 2.10. The zero-order valence-corrected chi connectivity index (χ0v) is 16.6. The van der Waals surface area contributed by atoms with E-state index in [-0.39, 0.29) is 11.5 Å². The predicted molar refractivity (Wildman–Crippen MR) is 117 cm³/mol. The van der Waals surface area contributed by atoms with Gasteiger partial charge < -0.3 is 20.4 Å². The highest BCUT2D eigenvalue weighted by atomic mass is 16.5. The molecule has 0 spiro atoms. The third-order valence-corrected chi connectivity index (χ3v) is 4.99. The van der Waals surface area contributed by atoms with Crippen molar-refractivity contribution in [2.24, 2.45) is 0 Å². The van der Waals surface area contributed by atoms with Gasteiger partial charge in [-0.2, -0.15) is 5.10 Å². The smallest absolute Gasteiger partial charge is 0.272 e. The van der Waals surface area contributed by atoms with E-state index in [9.17, 15) is 9.59 Å². The van der Waals surface area contributed by atoms with Crippen molar-refractivity contribution in [1.29, 1.82) is 0 Å². The Labute approximate surface area is 172 Å². The Morgan fingerprint density at radius 2 is 1.93 bits per heavy atom. The van der Waals surface area contributed by atoms with E-state index in [4.69, 9.17) is 4.74 Å². The molecule has 0 aliphatic carbocycles. The molecule has 0 bridgehead atoms. The Morgan fingerprint density at radius 1 is 1.10 bits per heavy atom. The molecule has 1 amide bonds. The number of amides is 1. The van der Waals surface area contributed by atoms with Crippen LogP contribution in [0, 0.1) is 0 Å². The van der Waals surface area contributed by atoms with Gasteiger partial charge in [-0.25, -0.2) is 5.10 Å². The van der Waals surface area contributed by atoms with Crippen molar-refractivity contribution < 1.29 is 9.53 Å². The largest absolute Gasteiger partial charge is 0.497 e. The average Bonchev–Trinajstić information content (AvgIpc) is 3.17. The van der Waals surface area contributed by atoms with Gasteiger partial charge in [0.2, 0.25) is 5.91 Å². The molecule has 0 atom stereocenters. The molecule has 0 aliphatic heterocycles. The van der Waals surface area contributed by atoms with Crippen LogP contribution in [0.4, 0.5) is 5.82 Å². The Kier molecular flexibility index (Phi) is 5.65. The first kappa shape index (κ1) is 19.5. The maximum atomic E-state index is 12.3. The summed E-state index contributed by atoms with van der Waals surface area (Å²) in [6.45, 7) is 1.16. The van der Waals surface area contributed by atoms with Crippen LogP contribution in [0.2, 0.25) is 0 Å². The predicted octanol–water partition coefficient (Wildman–Crippen LogP) is 2.57. The molecule has 0 fully saturated rings. The van der Waals surface area contributed by atoms with Gasteiger partial charge >= 0.3 is 0 Å². The van der Waals surface area contributed by atoms with Crippen molar-refractivity contribution >= 4 is 33.4 Å². The average molecular weight is 405 g/mol. The van der Waals surface area contributed by atoms with Gasteiger partial charge in [-0.05, 0) is 36.2 Å². The lowest BCUT2D eigenvalue weighted by Crippen LogP contribution is -2.27. The first-order chi connectivity index (χ1) is 14.7. The lowest BCUT2D eigenvalue weighted by Gasteiger charge is -2.09. The third kappa shape index (κ3) is 4.12. The fourth-order valence-corrected chi connectivity index (χ4v) is 3.44. The molecular weight excluding hydrogens is 382 g/mol. The number of hydrogen-bond acceptors (Lipinski definition) is 5. The summed E-state index contributed by atoms with van der Waals surface area (Å²) in [4.78, 5) is 27.3. The Morgan fingerprint density at radius 3 is 2.77 bits per heavy atom. The molecule has 0 saturated carbocycles. The van der Waals surface area contributed by atoms with Crippen LogP contribution in [-0.4, -0.2) is 41.3 Å². The summed E-state index contributed by atoms with van der Waals surface area (Å²) in [5.74, 6) is 1.36. The van der Waals surface area contributed by atoms with Gasteiger partial charge in [0.15, 0.2) is 5.82 Å². The Balaban J connectivity index is 1.28. The number of aromatic amines is 2. The molecule has 2 aromatic carbocycles. The molecule has 0 radical (unpaired) electrons. The number of benzene rings is 2. The molecule has 30 heavy (non-hydrogen) atoms. The summed E-state index contributed by atoms with van der Waals surface area (Å²) < 4.78 is 5.27. The monoisotopic (exact) mass is 405 g/mol. The number of hydrogen-bond donors (Lipinski definition) is 4. The zero-order chi connectivity index (χ0) is 20.9. The van der Waals surface area contributed by atoms with Crippen molar-refractivity contribution in [2.75, 3.05) is 25.5 Å². The van der Waals surface area contributed by atoms with Gasteiger partial charge in [0.05, 0.1) is 18.9 Å². The molecule has 8 nitrogen and oxygen atoms in total. The summed E-state index contributed by atoms with van der Waals surface area (Å²) >= 11 is 0. The first-order valence-corrected chi connectivity index (χ1v) is 9.77. The maximum Gasteiger partial charge on any atom is 0.272 e. The fraction of sp³-hybridized carbons (Fsp3) is 0.227. The van der Waals surface area contributed by atoms with E-state index in [2.05, 4.69) is 25.8 Å². The normalized spacial score (nSPS) is 11.0. The number of carbonyl (C=O) groups is 1. The van der Waals surface area contributed by atoms with E-state index in [1.54, 1.807) is 13.2 Å². The van der Waals surface area contributed by atoms with E-state index >= 15 is 0 Å². The van der Waals surface area contributed by atoms with Crippen molar-refractivity contribution in [3.63, 3.8) is 0 Å². The fourth-order valence-electron chi connectivity index (χ4n) is 3.44. The molecule has 4 N–H and O–H groups in total. The van der Waals surface area contributed by atoms with Gasteiger partial charge in [-0.3, -0.25) is 9.59 Å². The molecule has 2 heterocycles. The number of methoxy groups -OCH3 is 1. The van der Waals surface area contributed by atoms with Crippen molar-refractivity contribution in [2.45, 2.75) is 12.8 Å². The van der Waals surface area contributed by atoms with Crippen molar-refractivity contribution in [1.82, 2.24) is 20.5 Å². The van der Waals surface area contributed by atoms with E-state index in [1.165, 1.54) is 0 Å². The second kappa shape index (κ2) is 8.69. The van der Waals surface area contributed by atoms with Crippen LogP contribution in [0.15, 0.2) is 53.5 Å². The second-order valence-electron chi connectivity index (χ2n) is 6.98. The Hall–Kier alpha value is -3.81. The summed E-state index contributed by atoms with van der Waals surface area (Å²) in [5.41, 5.74) is 1.70. The second-order valence-corrected chi connectivity index (χ2v) is 6.98. The maximum absolute atomic E-state index is 12.3. The molecular formula is C22H23N5O3. The summed E-state index contributed by atoms with van der Waals surface area (Å²) in [7, 11) is 1.62. The molecule has 0 unspecified atom stereocenters. The standard InChI is InChI=1S/C22H23N5O3/c1-30-15-7-8-19-18(12-15)14(13-25-19)11-20(28)23-9-4-10-24-21-16-5-2-3-6-17(16)22(29)27-26-21/h2-3,5-8,12-13,25H,4,9-11H2,1H3,(H,23,28)(H,24,26)(H,27,29). The Bertz CT molecular complexity index is 1240. The lowest BCUT2D eigenvalue weighted by molar-refractivity contribution is -0.120. The van der Waals surface area contributed by atoms with Gasteiger partial charge in [0.1, 0.15) is 5.75 Å². The van der Waals surface area contributed by atoms with E-state index in [0.29, 0.717) is 30.7 Å². The topological polar surface area (TPSA) is 112 Å². The van der Waals surface area contributed by atoms with Gasteiger partial charge in [0.25, 0.3) is 5.56 Å². The number of H-pyrrole nitrogens is 2. The number of aromatic nitrogens is 3. The number of nitrogens with zero attached hydrogens (tertiary/aromatic N) is 1. The minimum Gasteiger partial charge on any atom is -0.497 e. The van der Waals surface area contributed by atoms with E-state index in [0.717, 1.165) is 34.0 Å². The van der Waals surface area contributed by atoms with Crippen molar-refractivity contribution in [3.8, 4) is 5.75 Å². The first-order valence-electron chi connectivity index (χ1n) is 9.77.